The molecule has 1 atom stereocenters. The monoisotopic (exact) mass is 228 g/mol. The van der Waals surface area contributed by atoms with E-state index >= 15 is 0 Å². The van der Waals surface area contributed by atoms with Gasteiger partial charge in [0.1, 0.15) is 5.60 Å². The van der Waals surface area contributed by atoms with Crippen molar-refractivity contribution in [3.63, 3.8) is 0 Å². The maximum absolute atomic E-state index is 11.9. The predicted octanol–water partition coefficient (Wildman–Crippen LogP) is 2.00. The summed E-state index contributed by atoms with van der Waals surface area (Å²) >= 11 is 0. The average Bonchev–Trinajstić information content (AvgIpc) is 2.41. The number of rotatable bonds is 1. The van der Waals surface area contributed by atoms with Crippen molar-refractivity contribution in [2.45, 2.75) is 51.7 Å². The van der Waals surface area contributed by atoms with Crippen molar-refractivity contribution in [2.24, 2.45) is 0 Å². The summed E-state index contributed by atoms with van der Waals surface area (Å²) in [5.74, 6) is 0. The molecule has 1 rings (SSSR count). The zero-order chi connectivity index (χ0) is 12.2. The Bertz CT molecular complexity index is 228. The first-order valence-corrected chi connectivity index (χ1v) is 6.06. The van der Waals surface area contributed by atoms with Crippen molar-refractivity contribution in [3.8, 4) is 0 Å². The van der Waals surface area contributed by atoms with E-state index in [1.54, 1.807) is 4.90 Å². The number of hydrogen-bond acceptors (Lipinski definition) is 3. The highest BCUT2D eigenvalue weighted by molar-refractivity contribution is 5.68. The van der Waals surface area contributed by atoms with Crippen LogP contribution < -0.4 is 5.32 Å². The molecule has 4 heteroatoms. The Morgan fingerprint density at radius 3 is 2.62 bits per heavy atom. The molecule has 1 saturated heterocycles. The lowest BCUT2D eigenvalue weighted by Crippen LogP contribution is -2.41. The molecule has 0 aliphatic carbocycles. The minimum absolute atomic E-state index is 0.209. The molecule has 0 aromatic heterocycles. The van der Waals surface area contributed by atoms with Gasteiger partial charge in [-0.15, -0.1) is 0 Å². The van der Waals surface area contributed by atoms with Crippen molar-refractivity contribution < 1.29 is 9.53 Å². The molecule has 1 heterocycles. The van der Waals surface area contributed by atoms with Crippen LogP contribution in [-0.2, 0) is 4.74 Å². The maximum atomic E-state index is 11.9. The summed E-state index contributed by atoms with van der Waals surface area (Å²) in [6.07, 6.45) is 2.98. The smallest absolute Gasteiger partial charge is 0.410 e. The van der Waals surface area contributed by atoms with E-state index in [1.165, 1.54) is 0 Å². The van der Waals surface area contributed by atoms with Gasteiger partial charge >= 0.3 is 6.09 Å². The fourth-order valence-electron chi connectivity index (χ4n) is 1.87. The Morgan fingerprint density at radius 1 is 1.31 bits per heavy atom. The van der Waals surface area contributed by atoms with Crippen LogP contribution in [0.25, 0.3) is 0 Å². The van der Waals surface area contributed by atoms with Gasteiger partial charge in [-0.05, 0) is 53.1 Å². The van der Waals surface area contributed by atoms with Gasteiger partial charge in [0.2, 0.25) is 0 Å². The van der Waals surface area contributed by atoms with Crippen LogP contribution in [0.5, 0.6) is 0 Å². The van der Waals surface area contributed by atoms with Crippen LogP contribution in [-0.4, -0.2) is 42.8 Å². The van der Waals surface area contributed by atoms with Gasteiger partial charge in [-0.2, -0.15) is 0 Å². The lowest BCUT2D eigenvalue weighted by atomic mass is 10.1. The van der Waals surface area contributed by atoms with E-state index in [0.29, 0.717) is 6.04 Å². The molecule has 4 nitrogen and oxygen atoms in total. The largest absolute Gasteiger partial charge is 0.444 e. The van der Waals surface area contributed by atoms with Crippen LogP contribution in [0.4, 0.5) is 4.79 Å². The Hall–Kier alpha value is -0.770. The van der Waals surface area contributed by atoms with Gasteiger partial charge in [-0.3, -0.25) is 0 Å². The van der Waals surface area contributed by atoms with Crippen molar-refractivity contribution in [1.82, 2.24) is 10.2 Å². The van der Waals surface area contributed by atoms with E-state index in [1.807, 2.05) is 27.8 Å². The van der Waals surface area contributed by atoms with E-state index in [0.717, 1.165) is 32.4 Å². The molecule has 1 N–H and O–H groups in total. The number of amides is 1. The summed E-state index contributed by atoms with van der Waals surface area (Å²) in [6, 6.07) is 0.310. The van der Waals surface area contributed by atoms with E-state index in [-0.39, 0.29) is 6.09 Å². The zero-order valence-corrected chi connectivity index (χ0v) is 10.9. The molecule has 1 amide bonds. The van der Waals surface area contributed by atoms with Crippen LogP contribution in [0.1, 0.15) is 40.0 Å². The number of carbonyl (C=O) groups is 1. The highest BCUT2D eigenvalue weighted by atomic mass is 16.6. The molecule has 0 spiro atoms. The van der Waals surface area contributed by atoms with Gasteiger partial charge in [-0.1, -0.05) is 0 Å². The topological polar surface area (TPSA) is 41.6 Å². The van der Waals surface area contributed by atoms with Crippen molar-refractivity contribution in [1.29, 1.82) is 0 Å². The summed E-state index contributed by atoms with van der Waals surface area (Å²) < 4.78 is 5.36. The normalized spacial score (nSPS) is 22.4. The third-order valence-electron chi connectivity index (χ3n) is 2.77. The molecule has 94 valence electrons. The van der Waals surface area contributed by atoms with Crippen LogP contribution in [0.2, 0.25) is 0 Å². The summed E-state index contributed by atoms with van der Waals surface area (Å²) in [7, 11) is 1.84. The molecule has 0 bridgehead atoms. The van der Waals surface area contributed by atoms with Gasteiger partial charge in [0.25, 0.3) is 0 Å². The van der Waals surface area contributed by atoms with Crippen LogP contribution in [0.3, 0.4) is 0 Å². The third-order valence-corrected chi connectivity index (χ3v) is 2.77. The summed E-state index contributed by atoms with van der Waals surface area (Å²) in [4.78, 5) is 13.6. The zero-order valence-electron chi connectivity index (χ0n) is 10.9. The van der Waals surface area contributed by atoms with Gasteiger partial charge in [0.05, 0.1) is 0 Å². The Morgan fingerprint density at radius 2 is 2.00 bits per heavy atom. The van der Waals surface area contributed by atoms with E-state index < -0.39 is 5.60 Å². The number of nitrogens with zero attached hydrogens (tertiary/aromatic N) is 1. The minimum Gasteiger partial charge on any atom is -0.444 e. The predicted molar refractivity (Wildman–Crippen MR) is 64.5 cm³/mol. The fourth-order valence-corrected chi connectivity index (χ4v) is 1.87. The highest BCUT2D eigenvalue weighted by Gasteiger charge is 2.25. The summed E-state index contributed by atoms with van der Waals surface area (Å²) in [6.45, 7) is 7.73. The highest BCUT2D eigenvalue weighted by Crippen LogP contribution is 2.15. The average molecular weight is 228 g/mol. The van der Waals surface area contributed by atoms with Crippen molar-refractivity contribution in [2.75, 3.05) is 20.1 Å². The van der Waals surface area contributed by atoms with Crippen molar-refractivity contribution in [3.05, 3.63) is 0 Å². The number of nitrogens with one attached hydrogen (secondary N) is 1. The minimum atomic E-state index is -0.408. The number of ether oxygens (including phenoxy) is 1. The molecule has 0 unspecified atom stereocenters. The summed E-state index contributed by atoms with van der Waals surface area (Å²) in [5.41, 5.74) is -0.408. The second-order valence-corrected chi connectivity index (χ2v) is 5.43. The second-order valence-electron chi connectivity index (χ2n) is 5.43. The quantitative estimate of drug-likeness (QED) is 0.746. The first-order valence-electron chi connectivity index (χ1n) is 6.06. The number of carbonyl (C=O) groups excluding carboxylic acids is 1. The fraction of sp³-hybridized carbons (Fsp3) is 0.917. The SMILES string of the molecule is CN(C(=O)OC(C)(C)C)[C@H]1CCCNCC1. The maximum Gasteiger partial charge on any atom is 0.410 e. The first-order chi connectivity index (χ1) is 7.40. The Labute approximate surface area is 98.3 Å². The van der Waals surface area contributed by atoms with Gasteiger partial charge in [-0.25, -0.2) is 4.79 Å². The van der Waals surface area contributed by atoms with Crippen LogP contribution in [0.15, 0.2) is 0 Å². The van der Waals surface area contributed by atoms with Crippen LogP contribution in [0, 0.1) is 0 Å². The van der Waals surface area contributed by atoms with E-state index in [2.05, 4.69) is 5.32 Å². The summed E-state index contributed by atoms with van der Waals surface area (Å²) in [5, 5.41) is 3.34. The lowest BCUT2D eigenvalue weighted by Gasteiger charge is -2.30. The Kier molecular flexibility index (Phi) is 4.59. The lowest BCUT2D eigenvalue weighted by molar-refractivity contribution is 0.0211. The molecule has 1 fully saturated rings. The van der Waals surface area contributed by atoms with E-state index in [9.17, 15) is 4.79 Å². The molecular weight excluding hydrogens is 204 g/mol. The molecule has 0 saturated carbocycles. The number of hydrogen-bond donors (Lipinski definition) is 1. The first kappa shape index (κ1) is 13.3. The molecule has 16 heavy (non-hydrogen) atoms. The standard InChI is InChI=1S/C12H24N2O2/c1-12(2,3)16-11(15)14(4)10-6-5-8-13-9-7-10/h10,13H,5-9H2,1-4H3/t10-/m0/s1. The molecule has 0 aromatic rings. The molecular formula is C12H24N2O2. The van der Waals surface area contributed by atoms with Gasteiger partial charge in [0.15, 0.2) is 0 Å². The molecule has 0 radical (unpaired) electrons. The third kappa shape index (κ3) is 4.39. The van der Waals surface area contributed by atoms with Gasteiger partial charge < -0.3 is 15.0 Å². The second kappa shape index (κ2) is 5.53. The van der Waals surface area contributed by atoms with Gasteiger partial charge in [0, 0.05) is 13.1 Å². The molecule has 1 aliphatic heterocycles. The Balaban J connectivity index is 2.48. The van der Waals surface area contributed by atoms with Crippen molar-refractivity contribution >= 4 is 6.09 Å². The van der Waals surface area contributed by atoms with E-state index in [4.69, 9.17) is 4.74 Å². The molecule has 1 aliphatic rings. The van der Waals surface area contributed by atoms with Crippen LogP contribution >= 0.6 is 0 Å². The molecule has 0 aromatic carbocycles.